The second-order valence-electron chi connectivity index (χ2n) is 4.81. The van der Waals surface area contributed by atoms with Crippen LogP contribution in [-0.2, 0) is 14.3 Å². The van der Waals surface area contributed by atoms with Crippen LogP contribution in [-0.4, -0.2) is 53.1 Å². The van der Waals surface area contributed by atoms with Crippen LogP contribution in [0.1, 0.15) is 18.5 Å². The molecule has 1 N–H and O–H groups in total. The fourth-order valence-electron chi connectivity index (χ4n) is 2.54. The Morgan fingerprint density at radius 1 is 1.30 bits per heavy atom. The molecule has 1 amide bonds. The van der Waals surface area contributed by atoms with Crippen LogP contribution < -0.4 is 4.90 Å². The molecule has 9 heteroatoms. The topological polar surface area (TPSA) is 98.0 Å². The van der Waals surface area contributed by atoms with Crippen molar-refractivity contribution in [3.8, 4) is 0 Å². The number of para-hydroxylation sites is 1. The van der Waals surface area contributed by atoms with Crippen LogP contribution >= 0.6 is 0 Å². The lowest BCUT2D eigenvalue weighted by Crippen LogP contribution is -2.44. The van der Waals surface area contributed by atoms with E-state index in [9.17, 15) is 14.8 Å². The molecule has 0 saturated carbocycles. The third-order valence-electron chi connectivity index (χ3n) is 3.45. The number of anilines is 1. The summed E-state index contributed by atoms with van der Waals surface area (Å²) in [6.07, 6.45) is 2.65. The third kappa shape index (κ3) is 2.61. The summed E-state index contributed by atoms with van der Waals surface area (Å²) >= 11 is 0. The lowest BCUT2D eigenvalue weighted by Gasteiger charge is -2.29. The number of nitrogens with zero attached hydrogens (tertiary/aromatic N) is 5. The summed E-state index contributed by atoms with van der Waals surface area (Å²) < 4.78 is 4.91. The Hall–Kier alpha value is -2.94. The molecule has 0 aliphatic carbocycles. The highest BCUT2D eigenvalue weighted by Crippen LogP contribution is 2.39. The molecule has 1 aromatic rings. The maximum atomic E-state index is 12.8. The second kappa shape index (κ2) is 6.05. The molecule has 9 nitrogen and oxygen atoms in total. The van der Waals surface area contributed by atoms with E-state index in [2.05, 4.69) is 10.2 Å². The van der Waals surface area contributed by atoms with Gasteiger partial charge in [-0.25, -0.2) is 0 Å². The summed E-state index contributed by atoms with van der Waals surface area (Å²) in [6, 6.07) is 6.10. The molecule has 0 fully saturated rings. The van der Waals surface area contributed by atoms with Crippen molar-refractivity contribution in [2.75, 3.05) is 18.1 Å². The van der Waals surface area contributed by atoms with Crippen LogP contribution in [0.5, 0.6) is 0 Å². The molecule has 0 aromatic heterocycles. The smallest absolute Gasteiger partial charge is 0.326 e. The number of amides is 1. The van der Waals surface area contributed by atoms with Gasteiger partial charge in [-0.05, 0) is 13.0 Å². The summed E-state index contributed by atoms with van der Waals surface area (Å²) in [5.41, 5.74) is 1.20. The normalized spacial score (nSPS) is 19.3. The van der Waals surface area contributed by atoms with Crippen LogP contribution in [0.2, 0.25) is 0 Å². The van der Waals surface area contributed by atoms with Gasteiger partial charge in [0.25, 0.3) is 5.91 Å². The maximum absolute atomic E-state index is 12.8. The van der Waals surface area contributed by atoms with Gasteiger partial charge >= 0.3 is 5.97 Å². The average Bonchev–Trinajstić information content (AvgIpc) is 2.81. The zero-order chi connectivity index (χ0) is 16.4. The largest absolute Gasteiger partial charge is 0.465 e. The monoisotopic (exact) mass is 317 g/mol. The fourth-order valence-corrected chi connectivity index (χ4v) is 2.54. The second-order valence-corrected chi connectivity index (χ2v) is 4.81. The molecule has 2 heterocycles. The predicted molar refractivity (Wildman–Crippen MR) is 80.6 cm³/mol. The first-order chi connectivity index (χ1) is 11.1. The zero-order valence-electron chi connectivity index (χ0n) is 12.4. The van der Waals surface area contributed by atoms with Crippen LogP contribution in [0.25, 0.3) is 0 Å². The molecular formula is C14H15N5O4. The molecule has 1 atom stereocenters. The van der Waals surface area contributed by atoms with Crippen molar-refractivity contribution in [1.82, 2.24) is 10.4 Å². The van der Waals surface area contributed by atoms with E-state index in [1.807, 2.05) is 0 Å². The number of hydrazone groups is 2. The number of carbonyl (C=O) groups is 2. The van der Waals surface area contributed by atoms with Crippen LogP contribution in [0, 0.1) is 0 Å². The zero-order valence-corrected chi connectivity index (χ0v) is 12.4. The molecule has 1 unspecified atom stereocenters. The minimum Gasteiger partial charge on any atom is -0.465 e. The summed E-state index contributed by atoms with van der Waals surface area (Å²) in [7, 11) is 0. The summed E-state index contributed by atoms with van der Waals surface area (Å²) in [6.45, 7) is 1.73. The standard InChI is InChI=1S/C14H15N5O4/c1-2-23-12(20)9-17-11-6-4-3-5-10(11)13(14(17)21)18-15-7-8-16-19(18)22/h3-8,13,22H,2,9H2,1H3. The van der Waals surface area contributed by atoms with E-state index in [1.165, 1.54) is 17.3 Å². The van der Waals surface area contributed by atoms with Gasteiger partial charge in [0.05, 0.1) is 24.7 Å². The molecule has 0 spiro atoms. The Labute approximate surface area is 132 Å². The Kier molecular flexibility index (Phi) is 3.94. The van der Waals surface area contributed by atoms with E-state index in [4.69, 9.17) is 4.74 Å². The van der Waals surface area contributed by atoms with E-state index >= 15 is 0 Å². The van der Waals surface area contributed by atoms with Crippen molar-refractivity contribution >= 4 is 30.0 Å². The summed E-state index contributed by atoms with van der Waals surface area (Å²) in [5, 5.41) is 19.0. The molecule has 120 valence electrons. The lowest BCUT2D eigenvalue weighted by atomic mass is 10.1. The minimum absolute atomic E-state index is 0.202. The molecule has 3 rings (SSSR count). The quantitative estimate of drug-likeness (QED) is 0.814. The number of hydrogen-bond acceptors (Lipinski definition) is 8. The van der Waals surface area contributed by atoms with Crippen molar-refractivity contribution in [3.05, 3.63) is 29.8 Å². The van der Waals surface area contributed by atoms with E-state index < -0.39 is 17.9 Å². The van der Waals surface area contributed by atoms with Gasteiger partial charge in [-0.15, -0.1) is 10.2 Å². The average molecular weight is 317 g/mol. The van der Waals surface area contributed by atoms with Gasteiger partial charge in [0.2, 0.25) is 0 Å². The van der Waals surface area contributed by atoms with Crippen molar-refractivity contribution in [2.24, 2.45) is 10.2 Å². The number of esters is 1. The first kappa shape index (κ1) is 15.0. The molecule has 23 heavy (non-hydrogen) atoms. The number of rotatable bonds is 4. The molecule has 1 aromatic carbocycles. The molecule has 0 radical (unpaired) electrons. The highest BCUT2D eigenvalue weighted by Gasteiger charge is 2.44. The molecule has 0 saturated heterocycles. The van der Waals surface area contributed by atoms with E-state index in [1.54, 1.807) is 31.2 Å². The highest BCUT2D eigenvalue weighted by molar-refractivity contribution is 6.16. The van der Waals surface area contributed by atoms with Crippen molar-refractivity contribution in [2.45, 2.75) is 13.0 Å². The van der Waals surface area contributed by atoms with E-state index in [0.717, 1.165) is 5.12 Å². The van der Waals surface area contributed by atoms with Crippen LogP contribution in [0.15, 0.2) is 34.5 Å². The Morgan fingerprint density at radius 3 is 2.78 bits per heavy atom. The van der Waals surface area contributed by atoms with Gasteiger partial charge in [0.15, 0.2) is 6.04 Å². The molecule has 2 aliphatic rings. The van der Waals surface area contributed by atoms with Crippen molar-refractivity contribution in [3.63, 3.8) is 0 Å². The Balaban J connectivity index is 1.94. The summed E-state index contributed by atoms with van der Waals surface area (Å²) in [5.74, 6) is -0.898. The number of hydrogen-bond donors (Lipinski definition) is 1. The molecule has 2 aliphatic heterocycles. The minimum atomic E-state index is -0.903. The van der Waals surface area contributed by atoms with Crippen LogP contribution in [0.3, 0.4) is 0 Å². The van der Waals surface area contributed by atoms with E-state index in [-0.39, 0.29) is 13.2 Å². The molecule has 0 bridgehead atoms. The first-order valence-corrected chi connectivity index (χ1v) is 7.04. The fraction of sp³-hybridized carbons (Fsp3) is 0.286. The number of ether oxygens (including phenoxy) is 1. The number of fused-ring (bicyclic) bond motifs is 1. The first-order valence-electron chi connectivity index (χ1n) is 7.04. The highest BCUT2D eigenvalue weighted by atomic mass is 16.6. The number of hydrazine groups is 1. The van der Waals surface area contributed by atoms with Crippen molar-refractivity contribution < 1.29 is 19.5 Å². The SMILES string of the molecule is CCOC(=O)CN1C(=O)C(N2N=CC=NN2O)c2ccccc21. The van der Waals surface area contributed by atoms with Crippen LogP contribution in [0.4, 0.5) is 5.69 Å². The van der Waals surface area contributed by atoms with Gasteiger partial charge in [0.1, 0.15) is 6.54 Å². The van der Waals surface area contributed by atoms with Gasteiger partial charge in [-0.2, -0.15) is 5.10 Å². The summed E-state index contributed by atoms with van der Waals surface area (Å²) in [4.78, 5) is 25.8. The van der Waals surface area contributed by atoms with Gasteiger partial charge in [0, 0.05) is 5.56 Å². The lowest BCUT2D eigenvalue weighted by molar-refractivity contribution is -0.261. The van der Waals surface area contributed by atoms with Crippen molar-refractivity contribution in [1.29, 1.82) is 0 Å². The maximum Gasteiger partial charge on any atom is 0.326 e. The van der Waals surface area contributed by atoms with Gasteiger partial charge in [-0.1, -0.05) is 23.5 Å². The van der Waals surface area contributed by atoms with Gasteiger partial charge < -0.3 is 4.74 Å². The third-order valence-corrected chi connectivity index (χ3v) is 3.45. The number of carbonyl (C=O) groups excluding carboxylic acids is 2. The Morgan fingerprint density at radius 2 is 2.04 bits per heavy atom. The van der Waals surface area contributed by atoms with Gasteiger partial charge in [-0.3, -0.25) is 19.7 Å². The van der Waals surface area contributed by atoms with E-state index in [0.29, 0.717) is 16.5 Å². The Bertz CT molecular complexity index is 690. The predicted octanol–water partition coefficient (Wildman–Crippen LogP) is 0.531. The molecular weight excluding hydrogens is 302 g/mol. The number of benzene rings is 1.